The highest BCUT2D eigenvalue weighted by Crippen LogP contribution is 2.44. The van der Waals surface area contributed by atoms with Crippen molar-refractivity contribution < 1.29 is 9.13 Å². The van der Waals surface area contributed by atoms with Crippen LogP contribution in [-0.4, -0.2) is 0 Å². The van der Waals surface area contributed by atoms with Gasteiger partial charge in [0.25, 0.3) is 0 Å². The average molecular weight is 256 g/mol. The van der Waals surface area contributed by atoms with Crippen LogP contribution in [0.25, 0.3) is 0 Å². The molecule has 0 unspecified atom stereocenters. The van der Waals surface area contributed by atoms with Gasteiger partial charge in [-0.05, 0) is 55.0 Å². The van der Waals surface area contributed by atoms with Gasteiger partial charge in [-0.1, -0.05) is 29.8 Å². The van der Waals surface area contributed by atoms with Gasteiger partial charge < -0.3 is 4.74 Å². The highest BCUT2D eigenvalue weighted by atomic mass is 19.1. The molecule has 98 valence electrons. The summed E-state index contributed by atoms with van der Waals surface area (Å²) in [6.07, 6.45) is 2.50. The highest BCUT2D eigenvalue weighted by Gasteiger charge is 2.26. The second-order valence-corrected chi connectivity index (χ2v) is 5.23. The van der Waals surface area contributed by atoms with E-state index in [4.69, 9.17) is 4.74 Å². The van der Waals surface area contributed by atoms with E-state index in [-0.39, 0.29) is 5.82 Å². The van der Waals surface area contributed by atoms with E-state index in [1.54, 1.807) is 6.07 Å². The van der Waals surface area contributed by atoms with Crippen LogP contribution in [0.2, 0.25) is 0 Å². The fourth-order valence-electron chi connectivity index (χ4n) is 2.30. The molecule has 1 nitrogen and oxygen atoms in total. The third-order valence-electron chi connectivity index (χ3n) is 3.47. The molecule has 0 saturated heterocycles. The number of hydrogen-bond acceptors (Lipinski definition) is 1. The molecule has 1 aliphatic rings. The largest absolute Gasteiger partial charge is 0.489 e. The summed E-state index contributed by atoms with van der Waals surface area (Å²) in [4.78, 5) is 0. The average Bonchev–Trinajstić information content (AvgIpc) is 3.21. The molecular weight excluding hydrogens is 239 g/mol. The van der Waals surface area contributed by atoms with Crippen molar-refractivity contribution in [2.45, 2.75) is 32.3 Å². The van der Waals surface area contributed by atoms with Crippen LogP contribution >= 0.6 is 0 Å². The molecule has 19 heavy (non-hydrogen) atoms. The number of halogens is 1. The number of hydrogen-bond donors (Lipinski definition) is 0. The molecule has 0 N–H and O–H groups in total. The van der Waals surface area contributed by atoms with E-state index in [1.807, 2.05) is 12.1 Å². The normalized spacial score (nSPS) is 14.4. The molecule has 2 heteroatoms. The van der Waals surface area contributed by atoms with Gasteiger partial charge in [0, 0.05) is 0 Å². The van der Waals surface area contributed by atoms with Gasteiger partial charge in [-0.2, -0.15) is 0 Å². The fourth-order valence-corrected chi connectivity index (χ4v) is 2.30. The van der Waals surface area contributed by atoms with E-state index < -0.39 is 0 Å². The Hall–Kier alpha value is -1.83. The third-order valence-corrected chi connectivity index (χ3v) is 3.47. The van der Waals surface area contributed by atoms with Crippen molar-refractivity contribution in [3.63, 3.8) is 0 Å². The Morgan fingerprint density at radius 3 is 2.74 bits per heavy atom. The van der Waals surface area contributed by atoms with E-state index >= 15 is 0 Å². The third kappa shape index (κ3) is 2.95. The summed E-state index contributed by atoms with van der Waals surface area (Å²) in [6, 6.07) is 12.9. The van der Waals surface area contributed by atoms with Gasteiger partial charge in [-0.25, -0.2) is 4.39 Å². The van der Waals surface area contributed by atoms with Crippen LogP contribution in [0.3, 0.4) is 0 Å². The maximum Gasteiger partial charge on any atom is 0.123 e. The number of rotatable bonds is 4. The molecule has 2 aromatic rings. The SMILES string of the molecule is Cc1ccc(OCc2cccc(F)c2)c(C2CC2)c1. The zero-order chi connectivity index (χ0) is 13.2. The van der Waals surface area contributed by atoms with Crippen molar-refractivity contribution in [2.75, 3.05) is 0 Å². The number of benzene rings is 2. The minimum Gasteiger partial charge on any atom is -0.489 e. The summed E-state index contributed by atoms with van der Waals surface area (Å²) >= 11 is 0. The maximum absolute atomic E-state index is 13.1. The van der Waals surface area contributed by atoms with Crippen LogP contribution in [-0.2, 0) is 6.61 Å². The van der Waals surface area contributed by atoms with Gasteiger partial charge in [0.15, 0.2) is 0 Å². The van der Waals surface area contributed by atoms with Crippen molar-refractivity contribution in [1.29, 1.82) is 0 Å². The topological polar surface area (TPSA) is 9.23 Å². The lowest BCUT2D eigenvalue weighted by atomic mass is 10.1. The van der Waals surface area contributed by atoms with E-state index in [9.17, 15) is 4.39 Å². The van der Waals surface area contributed by atoms with E-state index in [0.717, 1.165) is 11.3 Å². The summed E-state index contributed by atoms with van der Waals surface area (Å²) in [7, 11) is 0. The minimum absolute atomic E-state index is 0.215. The van der Waals surface area contributed by atoms with Gasteiger partial charge >= 0.3 is 0 Å². The summed E-state index contributed by atoms with van der Waals surface area (Å²) in [5.41, 5.74) is 3.43. The maximum atomic E-state index is 13.1. The lowest BCUT2D eigenvalue weighted by molar-refractivity contribution is 0.302. The molecule has 2 aromatic carbocycles. The van der Waals surface area contributed by atoms with Gasteiger partial charge in [0.2, 0.25) is 0 Å². The van der Waals surface area contributed by atoms with Crippen LogP contribution in [0.4, 0.5) is 4.39 Å². The van der Waals surface area contributed by atoms with Gasteiger partial charge in [0.1, 0.15) is 18.2 Å². The predicted molar refractivity (Wildman–Crippen MR) is 73.9 cm³/mol. The zero-order valence-electron chi connectivity index (χ0n) is 11.0. The molecule has 0 spiro atoms. The number of ether oxygens (including phenoxy) is 1. The predicted octanol–water partition coefficient (Wildman–Crippen LogP) is 4.59. The molecule has 0 atom stereocenters. The Morgan fingerprint density at radius 2 is 2.00 bits per heavy atom. The first kappa shape index (κ1) is 12.2. The summed E-state index contributed by atoms with van der Waals surface area (Å²) < 4.78 is 19.0. The Kier molecular flexibility index (Phi) is 3.24. The van der Waals surface area contributed by atoms with Crippen LogP contribution in [0.1, 0.15) is 35.4 Å². The Balaban J connectivity index is 1.76. The molecule has 3 rings (SSSR count). The van der Waals surface area contributed by atoms with Crippen molar-refractivity contribution in [3.8, 4) is 5.75 Å². The molecule has 0 radical (unpaired) electrons. The molecule has 1 aliphatic carbocycles. The smallest absolute Gasteiger partial charge is 0.123 e. The van der Waals surface area contributed by atoms with Crippen molar-refractivity contribution in [2.24, 2.45) is 0 Å². The van der Waals surface area contributed by atoms with Crippen molar-refractivity contribution in [1.82, 2.24) is 0 Å². The van der Waals surface area contributed by atoms with Crippen LogP contribution in [0.15, 0.2) is 42.5 Å². The lowest BCUT2D eigenvalue weighted by Crippen LogP contribution is -1.99. The molecule has 0 amide bonds. The van der Waals surface area contributed by atoms with Crippen LogP contribution in [0, 0.1) is 12.7 Å². The van der Waals surface area contributed by atoms with Gasteiger partial charge in [-0.3, -0.25) is 0 Å². The quantitative estimate of drug-likeness (QED) is 0.777. The monoisotopic (exact) mass is 256 g/mol. The molecule has 1 saturated carbocycles. The minimum atomic E-state index is -0.215. The Labute approximate surface area is 113 Å². The molecule has 0 aliphatic heterocycles. The Bertz CT molecular complexity index is 588. The first-order valence-corrected chi connectivity index (χ1v) is 6.70. The van der Waals surface area contributed by atoms with Crippen molar-refractivity contribution >= 4 is 0 Å². The summed E-state index contributed by atoms with van der Waals surface area (Å²) in [5.74, 6) is 1.38. The van der Waals surface area contributed by atoms with E-state index in [0.29, 0.717) is 12.5 Å². The summed E-state index contributed by atoms with van der Waals surface area (Å²) in [6.45, 7) is 2.52. The standard InChI is InChI=1S/C17H17FO/c1-12-5-8-17(16(9-12)14-6-7-14)19-11-13-3-2-4-15(18)10-13/h2-5,8-10,14H,6-7,11H2,1H3. The molecule has 0 bridgehead atoms. The first-order valence-electron chi connectivity index (χ1n) is 6.70. The van der Waals surface area contributed by atoms with E-state index in [2.05, 4.69) is 19.1 Å². The van der Waals surface area contributed by atoms with Gasteiger partial charge in [-0.15, -0.1) is 0 Å². The molecular formula is C17H17FO. The molecule has 0 aromatic heterocycles. The lowest BCUT2D eigenvalue weighted by Gasteiger charge is -2.12. The number of aryl methyl sites for hydroxylation is 1. The Morgan fingerprint density at radius 1 is 1.16 bits per heavy atom. The summed E-state index contributed by atoms with van der Waals surface area (Å²) in [5, 5.41) is 0. The second kappa shape index (κ2) is 5.04. The first-order chi connectivity index (χ1) is 9.22. The molecule has 0 heterocycles. The van der Waals surface area contributed by atoms with Gasteiger partial charge in [0.05, 0.1) is 0 Å². The van der Waals surface area contributed by atoms with Crippen molar-refractivity contribution in [3.05, 3.63) is 65.0 Å². The van der Waals surface area contributed by atoms with E-state index in [1.165, 1.54) is 36.1 Å². The zero-order valence-corrected chi connectivity index (χ0v) is 11.0. The molecule has 1 fully saturated rings. The second-order valence-electron chi connectivity index (χ2n) is 5.23. The van der Waals surface area contributed by atoms with Crippen LogP contribution in [0.5, 0.6) is 5.75 Å². The fraction of sp³-hybridized carbons (Fsp3) is 0.294. The highest BCUT2D eigenvalue weighted by molar-refractivity contribution is 5.41. The van der Waals surface area contributed by atoms with Crippen LogP contribution < -0.4 is 4.74 Å².